The Morgan fingerprint density at radius 1 is 1.11 bits per heavy atom. The van der Waals surface area contributed by atoms with Crippen molar-refractivity contribution < 1.29 is 27.3 Å². The summed E-state index contributed by atoms with van der Waals surface area (Å²) in [4.78, 5) is 24.9. The molecular formula is C24H24F3N5O3. The number of anilines is 2. The summed E-state index contributed by atoms with van der Waals surface area (Å²) in [5, 5.41) is 12.7. The van der Waals surface area contributed by atoms with Crippen molar-refractivity contribution in [2.24, 2.45) is 7.05 Å². The van der Waals surface area contributed by atoms with Gasteiger partial charge in [-0.15, -0.1) is 0 Å². The second-order valence-corrected chi connectivity index (χ2v) is 9.38. The Kier molecular flexibility index (Phi) is 6.04. The number of rotatable bonds is 5. The van der Waals surface area contributed by atoms with Crippen LogP contribution in [0.1, 0.15) is 49.0 Å². The van der Waals surface area contributed by atoms with Crippen molar-refractivity contribution >= 4 is 29.4 Å². The molecule has 184 valence electrons. The molecule has 11 heteroatoms. The number of aryl methyl sites for hydroxylation is 1. The summed E-state index contributed by atoms with van der Waals surface area (Å²) >= 11 is 0. The van der Waals surface area contributed by atoms with Crippen molar-refractivity contribution in [2.75, 3.05) is 10.6 Å². The molecule has 8 nitrogen and oxygen atoms in total. The van der Waals surface area contributed by atoms with E-state index in [0.717, 1.165) is 4.68 Å². The number of nitrogens with zero attached hydrogens (tertiary/aromatic N) is 3. The van der Waals surface area contributed by atoms with Crippen molar-refractivity contribution in [3.63, 3.8) is 0 Å². The van der Waals surface area contributed by atoms with Crippen molar-refractivity contribution in [1.29, 1.82) is 0 Å². The van der Waals surface area contributed by atoms with Crippen LogP contribution in [0, 0.1) is 0 Å². The van der Waals surface area contributed by atoms with Gasteiger partial charge in [-0.1, -0.05) is 38.1 Å². The molecule has 0 spiro atoms. The maximum atomic E-state index is 13.2. The van der Waals surface area contributed by atoms with Gasteiger partial charge in [-0.2, -0.15) is 18.3 Å². The molecule has 3 aromatic rings. The normalized spacial score (nSPS) is 13.4. The minimum absolute atomic E-state index is 0.0535. The summed E-state index contributed by atoms with van der Waals surface area (Å²) in [7, 11) is 1.42. The molecule has 35 heavy (non-hydrogen) atoms. The SMILES string of the molecule is Cn1nc(C(F)(F)F)c2c1CC(C(=O)Nc1ccc(CC(=O)Nc3cc(C(C)(C)C)on3)cc1)=C2. The van der Waals surface area contributed by atoms with Crippen LogP contribution in [-0.2, 0) is 41.1 Å². The van der Waals surface area contributed by atoms with Gasteiger partial charge in [0.1, 0.15) is 5.76 Å². The number of halogens is 3. The molecule has 0 atom stereocenters. The summed E-state index contributed by atoms with van der Waals surface area (Å²) in [6.45, 7) is 5.91. The summed E-state index contributed by atoms with van der Waals surface area (Å²) < 4.78 is 46.0. The average Bonchev–Trinajstić information content (AvgIpc) is 3.45. The van der Waals surface area contributed by atoms with Crippen LogP contribution in [0.25, 0.3) is 6.08 Å². The third-order valence-corrected chi connectivity index (χ3v) is 5.54. The lowest BCUT2D eigenvalue weighted by molar-refractivity contribution is -0.141. The lowest BCUT2D eigenvalue weighted by Gasteiger charge is -2.12. The predicted octanol–water partition coefficient (Wildman–Crippen LogP) is 4.48. The standard InChI is InChI=1S/C24H24F3N5O3/c1-23(2,3)18-12-19(31-35-18)29-20(33)9-13-5-7-15(8-6-13)28-22(34)14-10-16-17(11-14)32(4)30-21(16)24(25,26)27/h5-8,10,12H,9,11H2,1-4H3,(H,28,34)(H,29,31,33). The first-order valence-electron chi connectivity index (χ1n) is 10.8. The number of nitrogens with one attached hydrogen (secondary N) is 2. The number of carbonyl (C=O) groups excluding carboxylic acids is 2. The van der Waals surface area contributed by atoms with Gasteiger partial charge in [-0.25, -0.2) is 0 Å². The molecule has 0 radical (unpaired) electrons. The van der Waals surface area contributed by atoms with E-state index >= 15 is 0 Å². The molecule has 1 aliphatic rings. The Hall–Kier alpha value is -3.89. The number of aromatic nitrogens is 3. The van der Waals surface area contributed by atoms with Crippen LogP contribution in [0.2, 0.25) is 0 Å². The number of alkyl halides is 3. The minimum Gasteiger partial charge on any atom is -0.359 e. The minimum atomic E-state index is -4.60. The summed E-state index contributed by atoms with van der Waals surface area (Å²) in [5.74, 6) is 0.205. The van der Waals surface area contributed by atoms with Crippen molar-refractivity contribution in [3.05, 3.63) is 64.2 Å². The van der Waals surface area contributed by atoms with E-state index in [4.69, 9.17) is 4.52 Å². The van der Waals surface area contributed by atoms with Gasteiger partial charge < -0.3 is 15.2 Å². The molecule has 2 aromatic heterocycles. The zero-order chi connectivity index (χ0) is 25.5. The maximum Gasteiger partial charge on any atom is 0.435 e. The fourth-order valence-electron chi connectivity index (χ4n) is 3.67. The first-order chi connectivity index (χ1) is 16.3. The highest BCUT2D eigenvalue weighted by molar-refractivity contribution is 6.08. The predicted molar refractivity (Wildman–Crippen MR) is 122 cm³/mol. The molecule has 0 aliphatic heterocycles. The number of amides is 2. The Morgan fingerprint density at radius 2 is 1.80 bits per heavy atom. The van der Waals surface area contributed by atoms with Crippen LogP contribution < -0.4 is 10.6 Å². The number of hydrogen-bond acceptors (Lipinski definition) is 5. The van der Waals surface area contributed by atoms with Gasteiger partial charge in [0, 0.05) is 41.8 Å². The summed E-state index contributed by atoms with van der Waals surface area (Å²) in [6.07, 6.45) is -3.23. The largest absolute Gasteiger partial charge is 0.435 e. The first-order valence-corrected chi connectivity index (χ1v) is 10.8. The third kappa shape index (κ3) is 5.28. The van der Waals surface area contributed by atoms with Crippen LogP contribution in [-0.4, -0.2) is 26.8 Å². The smallest absolute Gasteiger partial charge is 0.359 e. The number of fused-ring (bicyclic) bond motifs is 1. The lowest BCUT2D eigenvalue weighted by Crippen LogP contribution is -2.16. The lowest BCUT2D eigenvalue weighted by atomic mass is 9.93. The van der Waals surface area contributed by atoms with E-state index in [9.17, 15) is 22.8 Å². The molecule has 2 amide bonds. The summed E-state index contributed by atoms with van der Waals surface area (Å²) in [6, 6.07) is 8.30. The number of hydrogen-bond donors (Lipinski definition) is 2. The van der Waals surface area contributed by atoms with Crippen LogP contribution in [0.4, 0.5) is 24.7 Å². The Labute approximate surface area is 199 Å². The highest BCUT2D eigenvalue weighted by atomic mass is 19.4. The van der Waals surface area contributed by atoms with E-state index in [1.165, 1.54) is 13.1 Å². The molecule has 0 fully saturated rings. The van der Waals surface area contributed by atoms with E-state index < -0.39 is 17.8 Å². The topological polar surface area (TPSA) is 102 Å². The van der Waals surface area contributed by atoms with Gasteiger partial charge in [0.25, 0.3) is 5.91 Å². The maximum absolute atomic E-state index is 13.2. The average molecular weight is 487 g/mol. The van der Waals surface area contributed by atoms with Crippen LogP contribution >= 0.6 is 0 Å². The molecule has 0 saturated carbocycles. The van der Waals surface area contributed by atoms with Crippen LogP contribution in [0.5, 0.6) is 0 Å². The monoisotopic (exact) mass is 487 g/mol. The van der Waals surface area contributed by atoms with E-state index in [0.29, 0.717) is 28.5 Å². The van der Waals surface area contributed by atoms with Gasteiger partial charge in [0.15, 0.2) is 11.5 Å². The molecule has 2 heterocycles. The fourth-order valence-corrected chi connectivity index (χ4v) is 3.67. The van der Waals surface area contributed by atoms with Gasteiger partial charge in [0.2, 0.25) is 5.91 Å². The molecule has 0 saturated heterocycles. The third-order valence-electron chi connectivity index (χ3n) is 5.54. The van der Waals surface area contributed by atoms with Gasteiger partial charge >= 0.3 is 6.18 Å². The Morgan fingerprint density at radius 3 is 2.40 bits per heavy atom. The first kappa shape index (κ1) is 24.2. The zero-order valence-electron chi connectivity index (χ0n) is 19.6. The van der Waals surface area contributed by atoms with E-state index in [-0.39, 0.29) is 35.3 Å². The van der Waals surface area contributed by atoms with E-state index in [1.54, 1.807) is 30.3 Å². The molecule has 0 bridgehead atoms. The molecule has 0 unspecified atom stereocenters. The molecule has 4 rings (SSSR count). The second-order valence-electron chi connectivity index (χ2n) is 9.38. The van der Waals surface area contributed by atoms with Gasteiger partial charge in [0.05, 0.1) is 12.1 Å². The molecule has 2 N–H and O–H groups in total. The summed E-state index contributed by atoms with van der Waals surface area (Å²) in [5.41, 5.74) is 0.402. The Balaban J connectivity index is 1.36. The molecular weight excluding hydrogens is 463 g/mol. The molecule has 1 aromatic carbocycles. The van der Waals surface area contributed by atoms with E-state index in [1.807, 2.05) is 20.8 Å². The zero-order valence-corrected chi connectivity index (χ0v) is 19.6. The highest BCUT2D eigenvalue weighted by Crippen LogP contribution is 2.37. The highest BCUT2D eigenvalue weighted by Gasteiger charge is 2.40. The van der Waals surface area contributed by atoms with E-state index in [2.05, 4.69) is 20.9 Å². The van der Waals surface area contributed by atoms with Crippen molar-refractivity contribution in [2.45, 2.75) is 45.2 Å². The quantitative estimate of drug-likeness (QED) is 0.553. The van der Waals surface area contributed by atoms with Crippen molar-refractivity contribution in [3.8, 4) is 0 Å². The number of benzene rings is 1. The molecule has 1 aliphatic carbocycles. The van der Waals surface area contributed by atoms with Crippen LogP contribution in [0.3, 0.4) is 0 Å². The van der Waals surface area contributed by atoms with Crippen LogP contribution in [0.15, 0.2) is 40.4 Å². The van der Waals surface area contributed by atoms with Crippen molar-refractivity contribution in [1.82, 2.24) is 14.9 Å². The van der Waals surface area contributed by atoms with Gasteiger partial charge in [-0.3, -0.25) is 14.3 Å². The number of carbonyl (C=O) groups is 2. The Bertz CT molecular complexity index is 1310. The van der Waals surface area contributed by atoms with Gasteiger partial charge in [-0.05, 0) is 23.8 Å². The second kappa shape index (κ2) is 8.71. The fraction of sp³-hybridized carbons (Fsp3) is 0.333.